The average molecular weight is 186 g/mol. The maximum Gasteiger partial charge on any atom is 0.0474 e. The van der Waals surface area contributed by atoms with E-state index in [-0.39, 0.29) is 0 Å². The van der Waals surface area contributed by atoms with Crippen molar-refractivity contribution >= 4 is 0 Å². The lowest BCUT2D eigenvalue weighted by molar-refractivity contribution is 0.139. The van der Waals surface area contributed by atoms with Gasteiger partial charge in [0.25, 0.3) is 0 Å². The number of likely N-dealkylation sites (tertiary alicyclic amines) is 1. The predicted octanol–water partition coefficient (Wildman–Crippen LogP) is 0.692. The molecule has 2 N–H and O–H groups in total. The molecule has 1 rings (SSSR count). The molecule has 1 aliphatic rings. The van der Waals surface area contributed by atoms with Gasteiger partial charge in [-0.25, -0.2) is 0 Å². The number of nitrogens with two attached hydrogens (primary N) is 1. The third kappa shape index (κ3) is 3.63. The second kappa shape index (κ2) is 5.58. The van der Waals surface area contributed by atoms with Crippen LogP contribution < -0.4 is 5.73 Å². The van der Waals surface area contributed by atoms with Crippen LogP contribution in [-0.4, -0.2) is 44.3 Å². The van der Waals surface area contributed by atoms with Crippen LogP contribution in [0.5, 0.6) is 0 Å². The molecule has 0 bridgehead atoms. The Balaban J connectivity index is 2.14. The zero-order valence-corrected chi connectivity index (χ0v) is 8.83. The van der Waals surface area contributed by atoms with E-state index in [0.717, 1.165) is 26.1 Å². The third-order valence-electron chi connectivity index (χ3n) is 2.92. The fraction of sp³-hybridized carbons (Fsp3) is 1.00. The summed E-state index contributed by atoms with van der Waals surface area (Å²) in [6.07, 6.45) is 2.37. The summed E-state index contributed by atoms with van der Waals surface area (Å²) in [6, 6.07) is 0.372. The van der Waals surface area contributed by atoms with Crippen molar-refractivity contribution in [3.05, 3.63) is 0 Å². The SMILES string of the molecule is COCCCN1CCC(C)C(N)C1. The van der Waals surface area contributed by atoms with E-state index in [9.17, 15) is 0 Å². The summed E-state index contributed by atoms with van der Waals surface area (Å²) in [4.78, 5) is 2.45. The summed E-state index contributed by atoms with van der Waals surface area (Å²) >= 11 is 0. The molecule has 3 heteroatoms. The summed E-state index contributed by atoms with van der Waals surface area (Å²) in [5, 5.41) is 0. The smallest absolute Gasteiger partial charge is 0.0474 e. The molecule has 0 aromatic heterocycles. The minimum atomic E-state index is 0.372. The summed E-state index contributed by atoms with van der Waals surface area (Å²) < 4.78 is 5.02. The molecule has 1 heterocycles. The van der Waals surface area contributed by atoms with Crippen molar-refractivity contribution in [3.8, 4) is 0 Å². The fourth-order valence-electron chi connectivity index (χ4n) is 1.81. The standard InChI is InChI=1S/C10H22N2O/c1-9-4-6-12(8-10(9)11)5-3-7-13-2/h9-10H,3-8,11H2,1-2H3. The maximum atomic E-state index is 6.00. The van der Waals surface area contributed by atoms with Gasteiger partial charge >= 0.3 is 0 Å². The lowest BCUT2D eigenvalue weighted by Gasteiger charge is -2.34. The van der Waals surface area contributed by atoms with E-state index in [1.165, 1.54) is 13.0 Å². The van der Waals surface area contributed by atoms with Crippen LogP contribution in [0.15, 0.2) is 0 Å². The monoisotopic (exact) mass is 186 g/mol. The Morgan fingerprint density at radius 3 is 2.92 bits per heavy atom. The first kappa shape index (κ1) is 11.0. The quantitative estimate of drug-likeness (QED) is 0.657. The van der Waals surface area contributed by atoms with Crippen molar-refractivity contribution < 1.29 is 4.74 Å². The molecule has 1 fully saturated rings. The Hall–Kier alpha value is -0.120. The van der Waals surface area contributed by atoms with Crippen LogP contribution in [-0.2, 0) is 4.74 Å². The van der Waals surface area contributed by atoms with Crippen LogP contribution >= 0.6 is 0 Å². The van der Waals surface area contributed by atoms with Gasteiger partial charge in [-0.1, -0.05) is 6.92 Å². The van der Waals surface area contributed by atoms with Gasteiger partial charge in [-0.05, 0) is 25.3 Å². The highest BCUT2D eigenvalue weighted by Crippen LogP contribution is 2.15. The molecule has 0 radical (unpaired) electrons. The van der Waals surface area contributed by atoms with Gasteiger partial charge in [0.2, 0.25) is 0 Å². The van der Waals surface area contributed by atoms with Crippen molar-refractivity contribution in [1.82, 2.24) is 4.90 Å². The number of hydrogen-bond donors (Lipinski definition) is 1. The normalized spacial score (nSPS) is 30.7. The molecule has 0 aliphatic carbocycles. The largest absolute Gasteiger partial charge is 0.385 e. The second-order valence-corrected chi connectivity index (χ2v) is 4.08. The van der Waals surface area contributed by atoms with Gasteiger partial charge in [0, 0.05) is 32.8 Å². The Bertz CT molecular complexity index is 141. The molecular formula is C10H22N2O. The van der Waals surface area contributed by atoms with Gasteiger partial charge in [-0.3, -0.25) is 0 Å². The summed E-state index contributed by atoms with van der Waals surface area (Å²) in [5.41, 5.74) is 6.00. The molecule has 13 heavy (non-hydrogen) atoms. The lowest BCUT2D eigenvalue weighted by Crippen LogP contribution is -2.47. The Kier molecular flexibility index (Phi) is 4.70. The molecule has 78 valence electrons. The first-order valence-electron chi connectivity index (χ1n) is 5.21. The van der Waals surface area contributed by atoms with E-state index in [1.807, 2.05) is 0 Å². The highest BCUT2D eigenvalue weighted by Gasteiger charge is 2.22. The highest BCUT2D eigenvalue weighted by molar-refractivity contribution is 4.80. The number of methoxy groups -OCH3 is 1. The molecular weight excluding hydrogens is 164 g/mol. The van der Waals surface area contributed by atoms with Crippen molar-refractivity contribution in [2.24, 2.45) is 11.7 Å². The summed E-state index contributed by atoms with van der Waals surface area (Å²) in [6.45, 7) is 6.51. The predicted molar refractivity (Wildman–Crippen MR) is 54.7 cm³/mol. The Morgan fingerprint density at radius 1 is 1.54 bits per heavy atom. The van der Waals surface area contributed by atoms with Gasteiger partial charge in [0.15, 0.2) is 0 Å². The number of piperidine rings is 1. The summed E-state index contributed by atoms with van der Waals surface area (Å²) in [5.74, 6) is 0.693. The van der Waals surface area contributed by atoms with Crippen LogP contribution in [0.2, 0.25) is 0 Å². The van der Waals surface area contributed by atoms with Crippen LogP contribution in [0, 0.1) is 5.92 Å². The van der Waals surface area contributed by atoms with Crippen molar-refractivity contribution in [3.63, 3.8) is 0 Å². The topological polar surface area (TPSA) is 38.5 Å². The van der Waals surface area contributed by atoms with E-state index in [4.69, 9.17) is 10.5 Å². The summed E-state index contributed by atoms with van der Waals surface area (Å²) in [7, 11) is 1.75. The number of ether oxygens (including phenoxy) is 1. The van der Waals surface area contributed by atoms with Crippen LogP contribution in [0.3, 0.4) is 0 Å². The van der Waals surface area contributed by atoms with Gasteiger partial charge in [0.05, 0.1) is 0 Å². The molecule has 0 spiro atoms. The molecule has 1 aliphatic heterocycles. The molecule has 0 aromatic rings. The van der Waals surface area contributed by atoms with E-state index in [1.54, 1.807) is 7.11 Å². The number of rotatable bonds is 4. The molecule has 2 atom stereocenters. The molecule has 0 aromatic carbocycles. The van der Waals surface area contributed by atoms with Crippen molar-refractivity contribution in [2.75, 3.05) is 33.4 Å². The molecule has 1 saturated heterocycles. The molecule has 0 amide bonds. The van der Waals surface area contributed by atoms with Gasteiger partial charge in [0.1, 0.15) is 0 Å². The van der Waals surface area contributed by atoms with Crippen LogP contribution in [0.1, 0.15) is 19.8 Å². The Labute approximate surface area is 81.2 Å². The van der Waals surface area contributed by atoms with Gasteiger partial charge in [-0.15, -0.1) is 0 Å². The van der Waals surface area contributed by atoms with Crippen molar-refractivity contribution in [2.45, 2.75) is 25.8 Å². The maximum absolute atomic E-state index is 6.00. The molecule has 3 nitrogen and oxygen atoms in total. The second-order valence-electron chi connectivity index (χ2n) is 4.08. The third-order valence-corrected chi connectivity index (χ3v) is 2.92. The zero-order valence-electron chi connectivity index (χ0n) is 8.83. The minimum absolute atomic E-state index is 0.372. The van der Waals surface area contributed by atoms with E-state index in [0.29, 0.717) is 12.0 Å². The number of nitrogens with zero attached hydrogens (tertiary/aromatic N) is 1. The zero-order chi connectivity index (χ0) is 9.68. The van der Waals surface area contributed by atoms with Crippen LogP contribution in [0.25, 0.3) is 0 Å². The van der Waals surface area contributed by atoms with Gasteiger partial charge < -0.3 is 15.4 Å². The van der Waals surface area contributed by atoms with Crippen LogP contribution in [0.4, 0.5) is 0 Å². The first-order chi connectivity index (χ1) is 6.24. The van der Waals surface area contributed by atoms with E-state index >= 15 is 0 Å². The fourth-order valence-corrected chi connectivity index (χ4v) is 1.81. The first-order valence-corrected chi connectivity index (χ1v) is 5.21. The van der Waals surface area contributed by atoms with E-state index < -0.39 is 0 Å². The molecule has 0 saturated carbocycles. The molecule has 2 unspecified atom stereocenters. The number of hydrogen-bond acceptors (Lipinski definition) is 3. The Morgan fingerprint density at radius 2 is 2.31 bits per heavy atom. The average Bonchev–Trinajstić information content (AvgIpc) is 2.12. The van der Waals surface area contributed by atoms with E-state index in [2.05, 4.69) is 11.8 Å². The lowest BCUT2D eigenvalue weighted by atomic mass is 9.94. The van der Waals surface area contributed by atoms with Crippen molar-refractivity contribution in [1.29, 1.82) is 0 Å². The minimum Gasteiger partial charge on any atom is -0.385 e. The van der Waals surface area contributed by atoms with Gasteiger partial charge in [-0.2, -0.15) is 0 Å². The highest BCUT2D eigenvalue weighted by atomic mass is 16.5.